The number of rotatable bonds is 4. The Hall–Kier alpha value is -2.54. The number of thiophene rings is 1. The first-order chi connectivity index (χ1) is 9.83. The summed E-state index contributed by atoms with van der Waals surface area (Å²) in [7, 11) is 0. The van der Waals surface area contributed by atoms with Gasteiger partial charge in [-0.3, -0.25) is 0 Å². The van der Waals surface area contributed by atoms with Crippen molar-refractivity contribution in [3.63, 3.8) is 0 Å². The van der Waals surface area contributed by atoms with Crippen LogP contribution in [0.1, 0.15) is 11.8 Å². The number of para-hydroxylation sites is 1. The van der Waals surface area contributed by atoms with Gasteiger partial charge < -0.3 is 5.32 Å². The van der Waals surface area contributed by atoms with Crippen molar-refractivity contribution in [1.82, 2.24) is 20.3 Å². The standard InChI is InChI=1S/C13H12N6S/c1-10(12-8-5-9-20-12)16-19-13(15-17-18-19)14-11-6-3-2-4-7-11/h2-9H,1H3,(H,14,15,18)/b16-10+. The van der Waals surface area contributed by atoms with E-state index in [1.165, 1.54) is 4.79 Å². The van der Waals surface area contributed by atoms with Gasteiger partial charge in [0, 0.05) is 5.69 Å². The number of tetrazole rings is 1. The van der Waals surface area contributed by atoms with E-state index in [1.54, 1.807) is 11.3 Å². The Morgan fingerprint density at radius 2 is 2.05 bits per heavy atom. The van der Waals surface area contributed by atoms with Crippen LogP contribution in [0.25, 0.3) is 0 Å². The van der Waals surface area contributed by atoms with E-state index >= 15 is 0 Å². The first kappa shape index (κ1) is 12.5. The van der Waals surface area contributed by atoms with Gasteiger partial charge in [0.2, 0.25) is 0 Å². The maximum absolute atomic E-state index is 4.40. The third-order valence-electron chi connectivity index (χ3n) is 2.61. The minimum atomic E-state index is 0.479. The summed E-state index contributed by atoms with van der Waals surface area (Å²) in [6.45, 7) is 1.93. The highest BCUT2D eigenvalue weighted by molar-refractivity contribution is 7.12. The molecule has 0 spiro atoms. The number of hydrogen-bond donors (Lipinski definition) is 1. The summed E-state index contributed by atoms with van der Waals surface area (Å²) in [6, 6.07) is 13.7. The quantitative estimate of drug-likeness (QED) is 0.748. The van der Waals surface area contributed by atoms with Crippen LogP contribution in [0.15, 0.2) is 52.9 Å². The maximum Gasteiger partial charge on any atom is 0.269 e. The lowest BCUT2D eigenvalue weighted by Crippen LogP contribution is -2.04. The van der Waals surface area contributed by atoms with Gasteiger partial charge in [-0.15, -0.1) is 16.4 Å². The molecular formula is C13H12N6S. The molecule has 0 saturated carbocycles. The van der Waals surface area contributed by atoms with Crippen molar-refractivity contribution in [3.8, 4) is 0 Å². The number of aromatic nitrogens is 4. The molecular weight excluding hydrogens is 272 g/mol. The molecule has 6 nitrogen and oxygen atoms in total. The van der Waals surface area contributed by atoms with Crippen LogP contribution in [0.3, 0.4) is 0 Å². The Morgan fingerprint density at radius 1 is 1.20 bits per heavy atom. The molecule has 0 radical (unpaired) electrons. The Morgan fingerprint density at radius 3 is 2.80 bits per heavy atom. The molecule has 1 aromatic carbocycles. The minimum Gasteiger partial charge on any atom is -0.321 e. The van der Waals surface area contributed by atoms with Crippen LogP contribution in [0, 0.1) is 0 Å². The van der Waals surface area contributed by atoms with E-state index in [0.717, 1.165) is 16.3 Å². The summed E-state index contributed by atoms with van der Waals surface area (Å²) < 4.78 is 0. The summed E-state index contributed by atoms with van der Waals surface area (Å²) in [6.07, 6.45) is 0. The largest absolute Gasteiger partial charge is 0.321 e. The summed E-state index contributed by atoms with van der Waals surface area (Å²) in [5, 5.41) is 21.0. The maximum atomic E-state index is 4.40. The summed E-state index contributed by atoms with van der Waals surface area (Å²) in [4.78, 5) is 2.48. The van der Waals surface area contributed by atoms with Crippen molar-refractivity contribution in [2.45, 2.75) is 6.92 Å². The van der Waals surface area contributed by atoms with Crippen molar-refractivity contribution >= 4 is 28.7 Å². The van der Waals surface area contributed by atoms with E-state index in [4.69, 9.17) is 0 Å². The van der Waals surface area contributed by atoms with Crippen molar-refractivity contribution in [1.29, 1.82) is 0 Å². The summed E-state index contributed by atoms with van der Waals surface area (Å²) in [5.41, 5.74) is 1.77. The van der Waals surface area contributed by atoms with E-state index in [0.29, 0.717) is 5.95 Å². The lowest BCUT2D eigenvalue weighted by molar-refractivity contribution is 0.695. The molecule has 0 aliphatic carbocycles. The molecule has 3 aromatic rings. The lowest BCUT2D eigenvalue weighted by atomic mass is 10.3. The second-order valence-electron chi connectivity index (χ2n) is 4.05. The number of nitrogens with one attached hydrogen (secondary N) is 1. The zero-order valence-electron chi connectivity index (χ0n) is 10.8. The minimum absolute atomic E-state index is 0.479. The molecule has 0 unspecified atom stereocenters. The van der Waals surface area contributed by atoms with E-state index in [1.807, 2.05) is 54.8 Å². The molecule has 7 heteroatoms. The van der Waals surface area contributed by atoms with Gasteiger partial charge in [-0.05, 0) is 40.9 Å². The van der Waals surface area contributed by atoms with Crippen molar-refractivity contribution in [3.05, 3.63) is 52.7 Å². The molecule has 0 atom stereocenters. The first-order valence-corrected chi connectivity index (χ1v) is 6.91. The fraction of sp³-hybridized carbons (Fsp3) is 0.0769. The average Bonchev–Trinajstić information content (AvgIpc) is 3.12. The Balaban J connectivity index is 1.85. The Bertz CT molecular complexity index is 702. The SMILES string of the molecule is C/C(=N\n1nnnc1Nc1ccccc1)c1cccs1. The van der Waals surface area contributed by atoms with Crippen molar-refractivity contribution < 1.29 is 0 Å². The number of benzene rings is 1. The molecule has 100 valence electrons. The van der Waals surface area contributed by atoms with Crippen LogP contribution in [-0.4, -0.2) is 26.0 Å². The normalized spacial score (nSPS) is 11.6. The zero-order valence-corrected chi connectivity index (χ0v) is 11.6. The highest BCUT2D eigenvalue weighted by Gasteiger charge is 2.06. The third kappa shape index (κ3) is 2.72. The predicted molar refractivity (Wildman–Crippen MR) is 79.5 cm³/mol. The van der Waals surface area contributed by atoms with Crippen LogP contribution in [-0.2, 0) is 0 Å². The molecule has 0 saturated heterocycles. The highest BCUT2D eigenvalue weighted by atomic mass is 32.1. The summed E-state index contributed by atoms with van der Waals surface area (Å²) in [5.74, 6) is 0.479. The van der Waals surface area contributed by atoms with Gasteiger partial charge in [0.1, 0.15) is 0 Å². The molecule has 2 heterocycles. The lowest BCUT2D eigenvalue weighted by Gasteiger charge is -2.03. The van der Waals surface area contributed by atoms with Crippen molar-refractivity contribution in [2.24, 2.45) is 5.10 Å². The van der Waals surface area contributed by atoms with Crippen molar-refractivity contribution in [2.75, 3.05) is 5.32 Å². The van der Waals surface area contributed by atoms with Gasteiger partial charge in [0.15, 0.2) is 0 Å². The number of anilines is 2. The van der Waals surface area contributed by atoms with Crippen LogP contribution in [0.5, 0.6) is 0 Å². The molecule has 0 amide bonds. The molecule has 2 aromatic heterocycles. The van der Waals surface area contributed by atoms with Crippen LogP contribution in [0.4, 0.5) is 11.6 Å². The van der Waals surface area contributed by atoms with Crippen LogP contribution in [0.2, 0.25) is 0 Å². The van der Waals surface area contributed by atoms with E-state index in [9.17, 15) is 0 Å². The number of hydrogen-bond acceptors (Lipinski definition) is 6. The number of nitrogens with zero attached hydrogens (tertiary/aromatic N) is 5. The first-order valence-electron chi connectivity index (χ1n) is 6.03. The average molecular weight is 284 g/mol. The smallest absolute Gasteiger partial charge is 0.269 e. The molecule has 0 bridgehead atoms. The molecule has 1 N–H and O–H groups in total. The van der Waals surface area contributed by atoms with Gasteiger partial charge in [-0.25, -0.2) is 0 Å². The van der Waals surface area contributed by atoms with Gasteiger partial charge in [0.05, 0.1) is 10.6 Å². The second kappa shape index (κ2) is 5.62. The van der Waals surface area contributed by atoms with Crippen LogP contribution < -0.4 is 5.32 Å². The monoisotopic (exact) mass is 284 g/mol. The predicted octanol–water partition coefficient (Wildman–Crippen LogP) is 2.75. The van der Waals surface area contributed by atoms with Gasteiger partial charge >= 0.3 is 0 Å². The molecule has 0 aliphatic rings. The molecule has 3 rings (SSSR count). The van der Waals surface area contributed by atoms with E-state index in [-0.39, 0.29) is 0 Å². The van der Waals surface area contributed by atoms with Gasteiger partial charge in [-0.1, -0.05) is 34.2 Å². The fourth-order valence-electron chi connectivity index (χ4n) is 1.65. The highest BCUT2D eigenvalue weighted by Crippen LogP contribution is 2.14. The van der Waals surface area contributed by atoms with Gasteiger partial charge in [0.25, 0.3) is 5.95 Å². The van der Waals surface area contributed by atoms with Crippen LogP contribution >= 0.6 is 11.3 Å². The Labute approximate surface area is 119 Å². The third-order valence-corrected chi connectivity index (χ3v) is 3.58. The van der Waals surface area contributed by atoms with Gasteiger partial charge in [-0.2, -0.15) is 0 Å². The second-order valence-corrected chi connectivity index (χ2v) is 4.99. The topological polar surface area (TPSA) is 68.0 Å². The van der Waals surface area contributed by atoms with E-state index in [2.05, 4.69) is 25.9 Å². The fourth-order valence-corrected chi connectivity index (χ4v) is 2.32. The Kier molecular flexibility index (Phi) is 3.51. The summed E-state index contributed by atoms with van der Waals surface area (Å²) >= 11 is 1.63. The molecule has 20 heavy (non-hydrogen) atoms. The molecule has 0 fully saturated rings. The molecule has 0 aliphatic heterocycles. The zero-order chi connectivity index (χ0) is 13.8. The van der Waals surface area contributed by atoms with E-state index < -0.39 is 0 Å².